The van der Waals surface area contributed by atoms with E-state index in [0.29, 0.717) is 6.54 Å². The Hall–Kier alpha value is -0.970. The molecule has 0 aliphatic carbocycles. The van der Waals surface area contributed by atoms with Crippen molar-refractivity contribution >= 4 is 18.5 Å². The minimum absolute atomic E-state index is 0.0195. The first kappa shape index (κ1) is 10.1. The van der Waals surface area contributed by atoms with E-state index in [9.17, 15) is 4.79 Å². The molecule has 1 N–H and O–H groups in total. The number of thiol groups is 1. The Bertz CT molecular complexity index is 248. The first-order valence-corrected chi connectivity index (χ1v) is 4.79. The lowest BCUT2D eigenvalue weighted by atomic mass is 10.4. The molecule has 13 heavy (non-hydrogen) atoms. The highest BCUT2D eigenvalue weighted by Gasteiger charge is 1.95. The summed E-state index contributed by atoms with van der Waals surface area (Å²) in [6.07, 6.45) is 6.32. The normalized spacial score (nSPS) is 9.92. The molecule has 0 atom stereocenters. The highest BCUT2D eigenvalue weighted by molar-refractivity contribution is 7.81. The van der Waals surface area contributed by atoms with Gasteiger partial charge in [0.2, 0.25) is 5.91 Å². The standard InChI is InChI=1S/C8H13N3OS/c12-8(6-13)10-2-1-4-11-5-3-9-7-11/h3,5,7,13H,1-2,4,6H2,(H,10,12). The van der Waals surface area contributed by atoms with E-state index in [0.717, 1.165) is 13.0 Å². The number of aryl methyl sites for hydroxylation is 1. The van der Waals surface area contributed by atoms with Crippen molar-refractivity contribution < 1.29 is 4.79 Å². The summed E-state index contributed by atoms with van der Waals surface area (Å²) in [6.45, 7) is 1.57. The van der Waals surface area contributed by atoms with E-state index >= 15 is 0 Å². The van der Waals surface area contributed by atoms with Gasteiger partial charge in [-0.2, -0.15) is 12.6 Å². The van der Waals surface area contributed by atoms with Gasteiger partial charge in [-0.1, -0.05) is 0 Å². The van der Waals surface area contributed by atoms with Gasteiger partial charge in [0.15, 0.2) is 0 Å². The maximum absolute atomic E-state index is 10.8. The molecule has 0 radical (unpaired) electrons. The Morgan fingerprint density at radius 3 is 3.08 bits per heavy atom. The van der Waals surface area contributed by atoms with Gasteiger partial charge >= 0.3 is 0 Å². The van der Waals surface area contributed by atoms with Crippen LogP contribution in [0.5, 0.6) is 0 Å². The van der Waals surface area contributed by atoms with E-state index in [-0.39, 0.29) is 11.7 Å². The molecule has 1 heterocycles. The first-order chi connectivity index (χ1) is 6.33. The third-order valence-electron chi connectivity index (χ3n) is 1.62. The summed E-state index contributed by atoms with van der Waals surface area (Å²) >= 11 is 3.85. The second-order valence-electron chi connectivity index (χ2n) is 2.66. The highest BCUT2D eigenvalue weighted by Crippen LogP contribution is 1.88. The second-order valence-corrected chi connectivity index (χ2v) is 2.98. The number of hydrogen-bond acceptors (Lipinski definition) is 3. The fourth-order valence-electron chi connectivity index (χ4n) is 0.964. The molecule has 1 rings (SSSR count). The topological polar surface area (TPSA) is 46.9 Å². The molecule has 0 unspecified atom stereocenters. The van der Waals surface area contributed by atoms with Crippen LogP contribution in [0.3, 0.4) is 0 Å². The fourth-order valence-corrected chi connectivity index (χ4v) is 1.08. The van der Waals surface area contributed by atoms with Crippen molar-refractivity contribution in [3.63, 3.8) is 0 Å². The third kappa shape index (κ3) is 3.98. The Kier molecular flexibility index (Phi) is 4.39. The predicted molar refractivity (Wildman–Crippen MR) is 53.7 cm³/mol. The van der Waals surface area contributed by atoms with Gasteiger partial charge < -0.3 is 9.88 Å². The average molecular weight is 199 g/mol. The van der Waals surface area contributed by atoms with Crippen LogP contribution in [0.1, 0.15) is 6.42 Å². The van der Waals surface area contributed by atoms with Crippen molar-refractivity contribution in [2.75, 3.05) is 12.3 Å². The van der Waals surface area contributed by atoms with Crippen LogP contribution in [0, 0.1) is 0 Å². The average Bonchev–Trinajstić information content (AvgIpc) is 2.64. The molecule has 4 nitrogen and oxygen atoms in total. The first-order valence-electron chi connectivity index (χ1n) is 4.16. The summed E-state index contributed by atoms with van der Waals surface area (Å²) in [6, 6.07) is 0. The smallest absolute Gasteiger partial charge is 0.229 e. The van der Waals surface area contributed by atoms with Gasteiger partial charge in [0.25, 0.3) is 0 Å². The zero-order valence-electron chi connectivity index (χ0n) is 7.31. The summed E-state index contributed by atoms with van der Waals surface area (Å²) < 4.78 is 1.98. The number of amides is 1. The van der Waals surface area contributed by atoms with Gasteiger partial charge in [-0.15, -0.1) is 0 Å². The molecular weight excluding hydrogens is 186 g/mol. The molecule has 5 heteroatoms. The molecule has 0 saturated heterocycles. The minimum atomic E-state index is -0.0195. The highest BCUT2D eigenvalue weighted by atomic mass is 32.1. The largest absolute Gasteiger partial charge is 0.355 e. The van der Waals surface area contributed by atoms with Crippen molar-refractivity contribution in [3.05, 3.63) is 18.7 Å². The van der Waals surface area contributed by atoms with Gasteiger partial charge in [-0.25, -0.2) is 4.98 Å². The van der Waals surface area contributed by atoms with E-state index in [4.69, 9.17) is 0 Å². The molecule has 0 aliphatic rings. The molecule has 0 aliphatic heterocycles. The van der Waals surface area contributed by atoms with Crippen LogP contribution in [0.25, 0.3) is 0 Å². The fraction of sp³-hybridized carbons (Fsp3) is 0.500. The molecule has 0 fully saturated rings. The van der Waals surface area contributed by atoms with Gasteiger partial charge in [-0.05, 0) is 6.42 Å². The Morgan fingerprint density at radius 2 is 2.46 bits per heavy atom. The Morgan fingerprint density at radius 1 is 1.62 bits per heavy atom. The van der Waals surface area contributed by atoms with Crippen LogP contribution >= 0.6 is 12.6 Å². The molecule has 0 aromatic carbocycles. The zero-order chi connectivity index (χ0) is 9.52. The predicted octanol–water partition coefficient (Wildman–Crippen LogP) is 0.319. The quantitative estimate of drug-likeness (QED) is 0.530. The monoisotopic (exact) mass is 199 g/mol. The number of carbonyl (C=O) groups excluding carboxylic acids is 1. The third-order valence-corrected chi connectivity index (χ3v) is 1.91. The second kappa shape index (κ2) is 5.64. The number of imidazole rings is 1. The summed E-state index contributed by atoms with van der Waals surface area (Å²) in [7, 11) is 0. The summed E-state index contributed by atoms with van der Waals surface area (Å²) in [4.78, 5) is 14.7. The lowest BCUT2D eigenvalue weighted by Gasteiger charge is -2.03. The number of hydrogen-bond donors (Lipinski definition) is 2. The number of nitrogens with zero attached hydrogens (tertiary/aromatic N) is 2. The van der Waals surface area contributed by atoms with Crippen molar-refractivity contribution in [2.45, 2.75) is 13.0 Å². The Balaban J connectivity index is 2.05. The van der Waals surface area contributed by atoms with Gasteiger partial charge in [0, 0.05) is 25.5 Å². The maximum Gasteiger partial charge on any atom is 0.229 e. The molecule has 0 spiro atoms. The van der Waals surface area contributed by atoms with E-state index in [1.807, 2.05) is 10.8 Å². The van der Waals surface area contributed by atoms with Crippen molar-refractivity contribution in [1.29, 1.82) is 0 Å². The number of aromatic nitrogens is 2. The van der Waals surface area contributed by atoms with E-state index in [1.54, 1.807) is 12.5 Å². The van der Waals surface area contributed by atoms with Crippen LogP contribution in [-0.4, -0.2) is 27.8 Å². The number of rotatable bonds is 5. The molecule has 0 bridgehead atoms. The minimum Gasteiger partial charge on any atom is -0.355 e. The summed E-state index contributed by atoms with van der Waals surface area (Å²) in [5.41, 5.74) is 0. The van der Waals surface area contributed by atoms with E-state index < -0.39 is 0 Å². The van der Waals surface area contributed by atoms with Crippen molar-refractivity contribution in [2.24, 2.45) is 0 Å². The van der Waals surface area contributed by atoms with Gasteiger partial charge in [0.05, 0.1) is 12.1 Å². The SMILES string of the molecule is O=C(CS)NCCCn1ccnc1. The summed E-state index contributed by atoms with van der Waals surface area (Å²) in [5.74, 6) is 0.236. The van der Waals surface area contributed by atoms with Crippen LogP contribution in [0.2, 0.25) is 0 Å². The number of carbonyl (C=O) groups is 1. The van der Waals surface area contributed by atoms with Crippen molar-refractivity contribution in [3.8, 4) is 0 Å². The lowest BCUT2D eigenvalue weighted by molar-refractivity contribution is -0.118. The van der Waals surface area contributed by atoms with Crippen molar-refractivity contribution in [1.82, 2.24) is 14.9 Å². The van der Waals surface area contributed by atoms with Crippen LogP contribution in [0.4, 0.5) is 0 Å². The molecule has 1 aromatic heterocycles. The lowest BCUT2D eigenvalue weighted by Crippen LogP contribution is -2.26. The number of nitrogens with one attached hydrogen (secondary N) is 1. The van der Waals surface area contributed by atoms with E-state index in [2.05, 4.69) is 22.9 Å². The van der Waals surface area contributed by atoms with Crippen LogP contribution in [-0.2, 0) is 11.3 Å². The summed E-state index contributed by atoms with van der Waals surface area (Å²) in [5, 5.41) is 2.75. The molecule has 1 amide bonds. The maximum atomic E-state index is 10.8. The van der Waals surface area contributed by atoms with Crippen LogP contribution < -0.4 is 5.32 Å². The molecule has 72 valence electrons. The van der Waals surface area contributed by atoms with Gasteiger partial charge in [-0.3, -0.25) is 4.79 Å². The molecule has 0 saturated carbocycles. The molecular formula is C8H13N3OS. The van der Waals surface area contributed by atoms with Gasteiger partial charge in [0.1, 0.15) is 0 Å². The molecule has 1 aromatic rings. The van der Waals surface area contributed by atoms with E-state index in [1.165, 1.54) is 0 Å². The van der Waals surface area contributed by atoms with Crippen LogP contribution in [0.15, 0.2) is 18.7 Å². The Labute approximate surface area is 82.8 Å². The zero-order valence-corrected chi connectivity index (χ0v) is 8.20.